The van der Waals surface area contributed by atoms with Crippen LogP contribution in [0, 0.1) is 0 Å². The first-order valence-electron chi connectivity index (χ1n) is 11.9. The number of benzene rings is 4. The summed E-state index contributed by atoms with van der Waals surface area (Å²) in [6.07, 6.45) is 0. The van der Waals surface area contributed by atoms with Crippen LogP contribution in [0.2, 0.25) is 0 Å². The van der Waals surface area contributed by atoms with Gasteiger partial charge in [-0.2, -0.15) is 0 Å². The number of rotatable bonds is 10. The molecule has 4 aromatic rings. The summed E-state index contributed by atoms with van der Waals surface area (Å²) in [6, 6.07) is 37.5. The molecular weight excluding hydrogens is 484 g/mol. The second-order valence-corrected chi connectivity index (χ2v) is 10.2. The molecule has 2 amide bonds. The summed E-state index contributed by atoms with van der Waals surface area (Å²) in [4.78, 5) is 12.9. The Hall–Kier alpha value is -3.23. The zero-order valence-electron chi connectivity index (χ0n) is 19.8. The van der Waals surface area contributed by atoms with E-state index in [4.69, 9.17) is 0 Å². The number of hydrogen-bond donors (Lipinski definition) is 2. The van der Waals surface area contributed by atoms with E-state index < -0.39 is 0 Å². The van der Waals surface area contributed by atoms with E-state index in [-0.39, 0.29) is 6.03 Å². The molecule has 1 heterocycles. The fourth-order valence-corrected chi connectivity index (χ4v) is 5.69. The summed E-state index contributed by atoms with van der Waals surface area (Å²) >= 11 is 2.75. The van der Waals surface area contributed by atoms with Gasteiger partial charge in [0, 0.05) is 37.4 Å². The standard InChI is InChI=1S/C29H28N4OS2/c34-29-32(35-30-21-25-15-7-9-17-27(25)23-11-3-1-4-12-23)19-20-33(29)36-31-22-26-16-8-10-18-28(26)24-13-5-2-6-14-24/h1-18,30-31H,19-22H2. The molecule has 0 spiro atoms. The van der Waals surface area contributed by atoms with Gasteiger partial charge in [-0.1, -0.05) is 109 Å². The lowest BCUT2D eigenvalue weighted by molar-refractivity contribution is 0.227. The second kappa shape index (κ2) is 12.1. The summed E-state index contributed by atoms with van der Waals surface area (Å²) in [7, 11) is 0. The molecule has 36 heavy (non-hydrogen) atoms. The van der Waals surface area contributed by atoms with Gasteiger partial charge in [-0.25, -0.2) is 14.2 Å². The Morgan fingerprint density at radius 2 is 0.944 bits per heavy atom. The number of carbonyl (C=O) groups is 1. The Balaban J connectivity index is 1.11. The molecule has 2 N–H and O–H groups in total. The summed E-state index contributed by atoms with van der Waals surface area (Å²) in [5.74, 6) is 0. The first-order chi connectivity index (χ1) is 17.8. The van der Waals surface area contributed by atoms with Gasteiger partial charge in [-0.3, -0.25) is 8.61 Å². The van der Waals surface area contributed by atoms with Gasteiger partial charge < -0.3 is 0 Å². The third-order valence-electron chi connectivity index (χ3n) is 6.01. The smallest absolute Gasteiger partial charge is 0.252 e. The summed E-state index contributed by atoms with van der Waals surface area (Å²) in [5.41, 5.74) is 7.20. The number of hydrogen-bond acceptors (Lipinski definition) is 5. The van der Waals surface area contributed by atoms with Gasteiger partial charge in [0.05, 0.1) is 13.1 Å². The van der Waals surface area contributed by atoms with Crippen molar-refractivity contribution in [2.24, 2.45) is 0 Å². The monoisotopic (exact) mass is 512 g/mol. The van der Waals surface area contributed by atoms with Crippen LogP contribution in [0.4, 0.5) is 4.79 Å². The molecule has 1 saturated heterocycles. The maximum Gasteiger partial charge on any atom is 0.342 e. The number of urea groups is 1. The lowest BCUT2D eigenvalue weighted by Gasteiger charge is -2.18. The van der Waals surface area contributed by atoms with E-state index in [0.29, 0.717) is 26.2 Å². The molecule has 7 heteroatoms. The molecule has 182 valence electrons. The molecule has 0 unspecified atom stereocenters. The maximum absolute atomic E-state index is 12.9. The minimum atomic E-state index is -0.00214. The average Bonchev–Trinajstić information content (AvgIpc) is 3.29. The van der Waals surface area contributed by atoms with Gasteiger partial charge in [0.2, 0.25) is 0 Å². The zero-order chi connectivity index (χ0) is 24.6. The molecule has 1 aliphatic rings. The van der Waals surface area contributed by atoms with E-state index in [2.05, 4.69) is 107 Å². The van der Waals surface area contributed by atoms with E-state index in [1.54, 1.807) is 8.61 Å². The van der Waals surface area contributed by atoms with Crippen molar-refractivity contribution in [2.45, 2.75) is 13.1 Å². The van der Waals surface area contributed by atoms with Crippen LogP contribution in [0.1, 0.15) is 11.1 Å². The molecule has 0 aromatic heterocycles. The fourth-order valence-electron chi connectivity index (χ4n) is 4.19. The van der Waals surface area contributed by atoms with Gasteiger partial charge in [-0.05, 0) is 33.4 Å². The summed E-state index contributed by atoms with van der Waals surface area (Å²) in [5, 5.41) is 0. The minimum Gasteiger partial charge on any atom is -0.252 e. The minimum absolute atomic E-state index is 0.00214. The van der Waals surface area contributed by atoms with Crippen molar-refractivity contribution in [1.82, 2.24) is 18.1 Å². The molecule has 1 aliphatic heterocycles. The van der Waals surface area contributed by atoms with Crippen molar-refractivity contribution in [1.29, 1.82) is 0 Å². The molecule has 1 fully saturated rings. The number of amides is 2. The highest BCUT2D eigenvalue weighted by Crippen LogP contribution is 2.27. The van der Waals surface area contributed by atoms with Crippen molar-refractivity contribution < 1.29 is 4.79 Å². The number of carbonyl (C=O) groups excluding carboxylic acids is 1. The first-order valence-corrected chi connectivity index (χ1v) is 13.5. The Bertz CT molecular complexity index is 1190. The van der Waals surface area contributed by atoms with Crippen LogP contribution in [0.15, 0.2) is 109 Å². The Morgan fingerprint density at radius 3 is 1.39 bits per heavy atom. The molecule has 5 rings (SSSR count). The van der Waals surface area contributed by atoms with E-state index in [1.165, 1.54) is 57.6 Å². The highest BCUT2D eigenvalue weighted by atomic mass is 32.2. The predicted molar refractivity (Wildman–Crippen MR) is 151 cm³/mol. The maximum atomic E-state index is 12.9. The molecule has 0 aliphatic carbocycles. The zero-order valence-corrected chi connectivity index (χ0v) is 21.5. The van der Waals surface area contributed by atoms with E-state index in [1.807, 2.05) is 12.1 Å². The molecule has 0 radical (unpaired) electrons. The van der Waals surface area contributed by atoms with E-state index in [0.717, 1.165) is 0 Å². The molecule has 0 bridgehead atoms. The lowest BCUT2D eigenvalue weighted by atomic mass is 10.00. The molecular formula is C29H28N4OS2. The Kier molecular flexibility index (Phi) is 8.25. The molecule has 4 aromatic carbocycles. The van der Waals surface area contributed by atoms with Gasteiger partial charge in [0.15, 0.2) is 0 Å². The molecule has 5 nitrogen and oxygen atoms in total. The predicted octanol–water partition coefficient (Wildman–Crippen LogP) is 6.76. The van der Waals surface area contributed by atoms with E-state index in [9.17, 15) is 4.79 Å². The van der Waals surface area contributed by atoms with Crippen LogP contribution in [0.5, 0.6) is 0 Å². The lowest BCUT2D eigenvalue weighted by Crippen LogP contribution is -2.28. The average molecular weight is 513 g/mol. The van der Waals surface area contributed by atoms with Crippen molar-refractivity contribution in [3.8, 4) is 22.3 Å². The highest BCUT2D eigenvalue weighted by Gasteiger charge is 2.30. The van der Waals surface area contributed by atoms with Crippen molar-refractivity contribution in [3.63, 3.8) is 0 Å². The van der Waals surface area contributed by atoms with Crippen LogP contribution >= 0.6 is 24.3 Å². The Labute approximate surface area is 221 Å². The van der Waals surface area contributed by atoms with Crippen molar-refractivity contribution >= 4 is 30.3 Å². The highest BCUT2D eigenvalue weighted by molar-refractivity contribution is 7.96. The van der Waals surface area contributed by atoms with Crippen molar-refractivity contribution in [3.05, 3.63) is 120 Å². The quantitative estimate of drug-likeness (QED) is 0.230. The van der Waals surface area contributed by atoms with E-state index >= 15 is 0 Å². The third-order valence-corrected chi connectivity index (χ3v) is 7.68. The van der Waals surface area contributed by atoms with Crippen LogP contribution < -0.4 is 9.44 Å². The second-order valence-electron chi connectivity index (χ2n) is 8.36. The van der Waals surface area contributed by atoms with Crippen LogP contribution in [0.3, 0.4) is 0 Å². The van der Waals surface area contributed by atoms with Crippen molar-refractivity contribution in [2.75, 3.05) is 13.1 Å². The van der Waals surface area contributed by atoms with Gasteiger partial charge in [0.25, 0.3) is 0 Å². The van der Waals surface area contributed by atoms with Gasteiger partial charge in [-0.15, -0.1) is 0 Å². The number of nitrogens with one attached hydrogen (secondary N) is 2. The van der Waals surface area contributed by atoms with Crippen LogP contribution in [-0.4, -0.2) is 27.7 Å². The Morgan fingerprint density at radius 1 is 0.556 bits per heavy atom. The van der Waals surface area contributed by atoms with Crippen LogP contribution in [-0.2, 0) is 13.1 Å². The number of nitrogens with zero attached hydrogens (tertiary/aromatic N) is 2. The summed E-state index contributed by atoms with van der Waals surface area (Å²) < 4.78 is 10.3. The SMILES string of the molecule is O=C1N(SNCc2ccccc2-c2ccccc2)CCN1SNCc1ccccc1-c1ccccc1. The third kappa shape index (κ3) is 5.94. The first kappa shape index (κ1) is 24.5. The van der Waals surface area contributed by atoms with Gasteiger partial charge >= 0.3 is 6.03 Å². The molecule has 0 saturated carbocycles. The molecule has 0 atom stereocenters. The topological polar surface area (TPSA) is 47.6 Å². The van der Waals surface area contributed by atoms with Crippen LogP contribution in [0.25, 0.3) is 22.3 Å². The summed E-state index contributed by atoms with van der Waals surface area (Å²) in [6.45, 7) is 2.68. The largest absolute Gasteiger partial charge is 0.342 e. The normalized spacial score (nSPS) is 13.4. The fraction of sp³-hybridized carbons (Fsp3) is 0.138. The van der Waals surface area contributed by atoms with Gasteiger partial charge in [0.1, 0.15) is 0 Å².